The molecule has 1 aromatic rings. The van der Waals surface area contributed by atoms with Crippen LogP contribution < -0.4 is 15.4 Å². The van der Waals surface area contributed by atoms with Crippen LogP contribution in [-0.4, -0.2) is 26.2 Å². The quantitative estimate of drug-likeness (QED) is 0.903. The summed E-state index contributed by atoms with van der Waals surface area (Å²) >= 11 is 0. The number of hydrogen-bond acceptors (Lipinski definition) is 3. The molecule has 0 radical (unpaired) electrons. The number of hydrogen-bond donors (Lipinski definition) is 1. The van der Waals surface area contributed by atoms with Crippen molar-refractivity contribution in [2.75, 3.05) is 25.1 Å². The zero-order valence-electron chi connectivity index (χ0n) is 9.96. The molecule has 1 aromatic carbocycles. The second-order valence-corrected chi connectivity index (χ2v) is 4.02. The van der Waals surface area contributed by atoms with E-state index in [1.54, 1.807) is 7.11 Å². The average Bonchev–Trinajstić information content (AvgIpc) is 2.30. The molecule has 98 valence electrons. The predicted molar refractivity (Wildman–Crippen MR) is 76.9 cm³/mol. The van der Waals surface area contributed by atoms with Crippen molar-refractivity contribution in [3.05, 3.63) is 24.3 Å². The summed E-state index contributed by atoms with van der Waals surface area (Å²) in [5.41, 5.74) is 7.14. The maximum atomic E-state index is 5.87. The largest absolute Gasteiger partial charge is 0.497 e. The van der Waals surface area contributed by atoms with E-state index in [4.69, 9.17) is 10.5 Å². The van der Waals surface area contributed by atoms with Crippen molar-refractivity contribution in [1.29, 1.82) is 0 Å². The van der Waals surface area contributed by atoms with Gasteiger partial charge in [0.1, 0.15) is 5.75 Å². The van der Waals surface area contributed by atoms with Gasteiger partial charge in [0.2, 0.25) is 0 Å². The lowest BCUT2D eigenvalue weighted by Gasteiger charge is -2.32. The molecule has 0 aromatic heterocycles. The summed E-state index contributed by atoms with van der Waals surface area (Å²) in [5, 5.41) is 0. The highest BCUT2D eigenvalue weighted by molar-refractivity contribution is 5.85. The molecule has 17 heavy (non-hydrogen) atoms. The van der Waals surface area contributed by atoms with Crippen LogP contribution in [0.2, 0.25) is 0 Å². The van der Waals surface area contributed by atoms with Crippen LogP contribution >= 0.6 is 24.8 Å². The van der Waals surface area contributed by atoms with Crippen molar-refractivity contribution in [1.82, 2.24) is 0 Å². The third-order valence-electron chi connectivity index (χ3n) is 2.98. The van der Waals surface area contributed by atoms with Gasteiger partial charge in [0.25, 0.3) is 0 Å². The zero-order chi connectivity index (χ0) is 10.7. The minimum Gasteiger partial charge on any atom is -0.497 e. The fourth-order valence-electron chi connectivity index (χ4n) is 1.95. The average molecular weight is 279 g/mol. The maximum Gasteiger partial charge on any atom is 0.119 e. The number of nitrogens with two attached hydrogens (primary N) is 1. The van der Waals surface area contributed by atoms with Gasteiger partial charge >= 0.3 is 0 Å². The first kappa shape index (κ1) is 16.4. The second kappa shape index (κ2) is 7.64. The zero-order valence-corrected chi connectivity index (χ0v) is 11.6. The highest BCUT2D eigenvalue weighted by Crippen LogP contribution is 2.22. The molecule has 1 aliphatic rings. The van der Waals surface area contributed by atoms with Crippen molar-refractivity contribution in [2.45, 2.75) is 18.9 Å². The molecule has 1 aliphatic heterocycles. The Morgan fingerprint density at radius 3 is 2.12 bits per heavy atom. The Hall–Kier alpha value is -0.640. The van der Waals surface area contributed by atoms with E-state index in [0.717, 1.165) is 31.7 Å². The first-order chi connectivity index (χ1) is 7.29. The Kier molecular flexibility index (Phi) is 7.35. The molecule has 2 N–H and O–H groups in total. The molecule has 0 spiro atoms. The number of ether oxygens (including phenoxy) is 1. The van der Waals surface area contributed by atoms with Gasteiger partial charge < -0.3 is 15.4 Å². The van der Waals surface area contributed by atoms with Gasteiger partial charge in [-0.3, -0.25) is 0 Å². The monoisotopic (exact) mass is 278 g/mol. The van der Waals surface area contributed by atoms with Crippen LogP contribution in [-0.2, 0) is 0 Å². The summed E-state index contributed by atoms with van der Waals surface area (Å²) < 4.78 is 5.14. The molecule has 0 bridgehead atoms. The molecule has 3 nitrogen and oxygen atoms in total. The first-order valence-corrected chi connectivity index (χ1v) is 5.44. The van der Waals surface area contributed by atoms with E-state index in [-0.39, 0.29) is 24.8 Å². The third kappa shape index (κ3) is 4.26. The second-order valence-electron chi connectivity index (χ2n) is 4.02. The van der Waals surface area contributed by atoms with Gasteiger partial charge in [-0.15, -0.1) is 24.8 Å². The first-order valence-electron chi connectivity index (χ1n) is 5.44. The summed E-state index contributed by atoms with van der Waals surface area (Å²) in [6.45, 7) is 2.13. The SMILES string of the molecule is COc1ccc(N2CCC(N)CC2)cc1.Cl.Cl. The van der Waals surface area contributed by atoms with Gasteiger partial charge in [-0.25, -0.2) is 0 Å². The van der Waals surface area contributed by atoms with Crippen LogP contribution in [0.25, 0.3) is 0 Å². The molecular weight excluding hydrogens is 259 g/mol. The summed E-state index contributed by atoms with van der Waals surface area (Å²) in [7, 11) is 1.69. The van der Waals surface area contributed by atoms with Gasteiger partial charge in [-0.2, -0.15) is 0 Å². The fourth-order valence-corrected chi connectivity index (χ4v) is 1.95. The summed E-state index contributed by atoms with van der Waals surface area (Å²) in [6.07, 6.45) is 2.18. The Labute approximate surface area is 115 Å². The number of piperidine rings is 1. The Bertz CT molecular complexity index is 311. The van der Waals surface area contributed by atoms with E-state index in [2.05, 4.69) is 17.0 Å². The number of methoxy groups -OCH3 is 1. The van der Waals surface area contributed by atoms with Crippen LogP contribution in [0, 0.1) is 0 Å². The minimum atomic E-state index is 0. The molecule has 0 aliphatic carbocycles. The van der Waals surface area contributed by atoms with E-state index in [9.17, 15) is 0 Å². The molecule has 1 saturated heterocycles. The maximum absolute atomic E-state index is 5.87. The summed E-state index contributed by atoms with van der Waals surface area (Å²) in [5.74, 6) is 0.910. The van der Waals surface area contributed by atoms with Crippen molar-refractivity contribution in [3.63, 3.8) is 0 Å². The van der Waals surface area contributed by atoms with Crippen LogP contribution in [0.15, 0.2) is 24.3 Å². The van der Waals surface area contributed by atoms with E-state index in [1.165, 1.54) is 5.69 Å². The van der Waals surface area contributed by atoms with E-state index >= 15 is 0 Å². The highest BCUT2D eigenvalue weighted by Gasteiger charge is 2.15. The Morgan fingerprint density at radius 1 is 1.12 bits per heavy atom. The summed E-state index contributed by atoms with van der Waals surface area (Å²) in [6, 6.07) is 8.61. The molecule has 0 amide bonds. The van der Waals surface area contributed by atoms with Crippen molar-refractivity contribution in [3.8, 4) is 5.75 Å². The molecule has 5 heteroatoms. The topological polar surface area (TPSA) is 38.5 Å². The number of nitrogens with zero attached hydrogens (tertiary/aromatic N) is 1. The van der Waals surface area contributed by atoms with Crippen LogP contribution in [0.3, 0.4) is 0 Å². The minimum absolute atomic E-state index is 0. The summed E-state index contributed by atoms with van der Waals surface area (Å²) in [4.78, 5) is 2.38. The van der Waals surface area contributed by atoms with Crippen LogP contribution in [0.4, 0.5) is 5.69 Å². The Morgan fingerprint density at radius 2 is 1.65 bits per heavy atom. The highest BCUT2D eigenvalue weighted by atomic mass is 35.5. The number of halogens is 2. The molecular formula is C12H20Cl2N2O. The lowest BCUT2D eigenvalue weighted by Crippen LogP contribution is -2.39. The van der Waals surface area contributed by atoms with Gasteiger partial charge in [0.15, 0.2) is 0 Å². The molecule has 2 rings (SSSR count). The number of anilines is 1. The lowest BCUT2D eigenvalue weighted by atomic mass is 10.1. The van der Waals surface area contributed by atoms with Crippen molar-refractivity contribution >= 4 is 30.5 Å². The molecule has 0 atom stereocenters. The third-order valence-corrected chi connectivity index (χ3v) is 2.98. The number of benzene rings is 1. The van der Waals surface area contributed by atoms with E-state index in [0.29, 0.717) is 6.04 Å². The number of rotatable bonds is 2. The van der Waals surface area contributed by atoms with Crippen LogP contribution in [0.1, 0.15) is 12.8 Å². The molecule has 0 saturated carbocycles. The molecule has 1 fully saturated rings. The molecule has 0 unspecified atom stereocenters. The Balaban J connectivity index is 0.00000128. The van der Waals surface area contributed by atoms with E-state index < -0.39 is 0 Å². The van der Waals surface area contributed by atoms with Gasteiger partial charge in [0.05, 0.1) is 7.11 Å². The fraction of sp³-hybridized carbons (Fsp3) is 0.500. The van der Waals surface area contributed by atoms with Crippen molar-refractivity contribution in [2.24, 2.45) is 5.73 Å². The van der Waals surface area contributed by atoms with Crippen LogP contribution in [0.5, 0.6) is 5.75 Å². The van der Waals surface area contributed by atoms with E-state index in [1.807, 2.05) is 12.1 Å². The van der Waals surface area contributed by atoms with Crippen molar-refractivity contribution < 1.29 is 4.74 Å². The smallest absolute Gasteiger partial charge is 0.119 e. The van der Waals surface area contributed by atoms with Gasteiger partial charge in [-0.05, 0) is 37.1 Å². The normalized spacial score (nSPS) is 15.8. The standard InChI is InChI=1S/C12H18N2O.2ClH/c1-15-12-4-2-11(3-5-12)14-8-6-10(13)7-9-14;;/h2-5,10H,6-9,13H2,1H3;2*1H. The molecule has 1 heterocycles. The predicted octanol–water partition coefficient (Wildman–Crippen LogP) is 2.47. The van der Waals surface area contributed by atoms with Gasteiger partial charge in [0, 0.05) is 24.8 Å². The lowest BCUT2D eigenvalue weighted by molar-refractivity contribution is 0.414. The van der Waals surface area contributed by atoms with Gasteiger partial charge in [-0.1, -0.05) is 0 Å².